The van der Waals surface area contributed by atoms with E-state index in [1.807, 2.05) is 42.5 Å². The number of H-pyrrole nitrogens is 1. The summed E-state index contributed by atoms with van der Waals surface area (Å²) in [5, 5.41) is 0. The minimum Gasteiger partial charge on any atom is -0.497 e. The number of nitrogen functional groups attached to an aromatic ring is 1. The van der Waals surface area contributed by atoms with Gasteiger partial charge in [-0.2, -0.15) is 0 Å². The Morgan fingerprint density at radius 3 is 2.42 bits per heavy atom. The Morgan fingerprint density at radius 2 is 1.68 bits per heavy atom. The van der Waals surface area contributed by atoms with E-state index in [4.69, 9.17) is 15.2 Å². The van der Waals surface area contributed by atoms with Gasteiger partial charge < -0.3 is 20.2 Å². The smallest absolute Gasteiger partial charge is 0.198 e. The number of aromatic nitrogens is 2. The molecule has 3 aromatic rings. The fraction of sp³-hybridized carbons (Fsp3) is 0.0714. The summed E-state index contributed by atoms with van der Waals surface area (Å²) in [7, 11) is 1.63. The number of nitrogens with two attached hydrogens (primary N) is 1. The van der Waals surface area contributed by atoms with Crippen molar-refractivity contribution in [2.45, 2.75) is 0 Å². The first kappa shape index (κ1) is 11.4. The van der Waals surface area contributed by atoms with E-state index in [1.54, 1.807) is 7.11 Å². The first-order valence-corrected chi connectivity index (χ1v) is 5.82. The van der Waals surface area contributed by atoms with E-state index in [9.17, 15) is 0 Å². The molecule has 3 N–H and O–H groups in total. The molecule has 0 radical (unpaired) electrons. The van der Waals surface area contributed by atoms with Gasteiger partial charge in [-0.15, -0.1) is 0 Å². The maximum Gasteiger partial charge on any atom is 0.198 e. The molecule has 0 aliphatic heterocycles. The van der Waals surface area contributed by atoms with E-state index >= 15 is 0 Å². The van der Waals surface area contributed by atoms with E-state index < -0.39 is 0 Å². The van der Waals surface area contributed by atoms with Gasteiger partial charge in [0.2, 0.25) is 0 Å². The molecule has 0 saturated heterocycles. The molecular formula is C14H13N3O2. The fourth-order valence-corrected chi connectivity index (χ4v) is 1.85. The Hall–Kier alpha value is -2.69. The van der Waals surface area contributed by atoms with Gasteiger partial charge in [-0.05, 0) is 36.4 Å². The van der Waals surface area contributed by atoms with Crippen LogP contribution in [0.1, 0.15) is 0 Å². The lowest BCUT2D eigenvalue weighted by molar-refractivity contribution is 0.413. The summed E-state index contributed by atoms with van der Waals surface area (Å²) >= 11 is 0. The summed E-state index contributed by atoms with van der Waals surface area (Å²) in [5.74, 6) is 2.66. The highest BCUT2D eigenvalue weighted by molar-refractivity contribution is 5.78. The Labute approximate surface area is 110 Å². The maximum absolute atomic E-state index is 5.75. The van der Waals surface area contributed by atoms with Gasteiger partial charge in [-0.1, -0.05) is 0 Å². The number of nitrogens with zero attached hydrogens (tertiary/aromatic N) is 1. The summed E-state index contributed by atoms with van der Waals surface area (Å²) in [6.45, 7) is 0. The van der Waals surface area contributed by atoms with Crippen molar-refractivity contribution >= 4 is 17.0 Å². The monoisotopic (exact) mass is 255 g/mol. The molecular weight excluding hydrogens is 242 g/mol. The van der Waals surface area contributed by atoms with Gasteiger partial charge in [-0.3, -0.25) is 0 Å². The lowest BCUT2D eigenvalue weighted by Gasteiger charge is -2.06. The largest absolute Gasteiger partial charge is 0.497 e. The molecule has 0 fully saturated rings. The van der Waals surface area contributed by atoms with Gasteiger partial charge >= 0.3 is 0 Å². The van der Waals surface area contributed by atoms with E-state index in [1.165, 1.54) is 0 Å². The van der Waals surface area contributed by atoms with E-state index in [0.29, 0.717) is 5.95 Å². The third-order valence-corrected chi connectivity index (χ3v) is 2.77. The van der Waals surface area contributed by atoms with E-state index in [-0.39, 0.29) is 0 Å². The average molecular weight is 255 g/mol. The molecule has 3 rings (SSSR count). The highest BCUT2D eigenvalue weighted by Crippen LogP contribution is 2.26. The number of rotatable bonds is 3. The molecule has 0 aliphatic carbocycles. The lowest BCUT2D eigenvalue weighted by Crippen LogP contribution is -1.86. The van der Waals surface area contributed by atoms with Crippen LogP contribution in [0.15, 0.2) is 42.5 Å². The molecule has 1 aromatic heterocycles. The number of hydrogen-bond acceptors (Lipinski definition) is 4. The van der Waals surface area contributed by atoms with Crippen molar-refractivity contribution in [1.82, 2.24) is 9.97 Å². The molecule has 2 aromatic carbocycles. The number of ether oxygens (including phenoxy) is 2. The molecule has 0 aliphatic rings. The minimum absolute atomic E-state index is 0.400. The van der Waals surface area contributed by atoms with Crippen molar-refractivity contribution < 1.29 is 9.47 Å². The second-order valence-electron chi connectivity index (χ2n) is 4.08. The maximum atomic E-state index is 5.75. The van der Waals surface area contributed by atoms with E-state index in [0.717, 1.165) is 28.3 Å². The Morgan fingerprint density at radius 1 is 1.00 bits per heavy atom. The minimum atomic E-state index is 0.400. The first-order chi connectivity index (χ1) is 9.24. The normalized spacial score (nSPS) is 10.6. The molecule has 5 nitrogen and oxygen atoms in total. The van der Waals surface area contributed by atoms with Crippen LogP contribution in [0.25, 0.3) is 11.0 Å². The van der Waals surface area contributed by atoms with Crippen molar-refractivity contribution in [3.05, 3.63) is 42.5 Å². The summed E-state index contributed by atoms with van der Waals surface area (Å²) in [6.07, 6.45) is 0. The summed E-state index contributed by atoms with van der Waals surface area (Å²) in [5.41, 5.74) is 7.27. The van der Waals surface area contributed by atoms with Crippen LogP contribution < -0.4 is 15.2 Å². The van der Waals surface area contributed by atoms with Gasteiger partial charge in [0.1, 0.15) is 17.2 Å². The average Bonchev–Trinajstić information content (AvgIpc) is 2.79. The lowest BCUT2D eigenvalue weighted by atomic mass is 10.3. The zero-order valence-corrected chi connectivity index (χ0v) is 10.4. The number of aromatic amines is 1. The molecule has 0 atom stereocenters. The molecule has 0 spiro atoms. The van der Waals surface area contributed by atoms with Gasteiger partial charge in [0.05, 0.1) is 18.1 Å². The van der Waals surface area contributed by atoms with Gasteiger partial charge in [0.15, 0.2) is 5.95 Å². The van der Waals surface area contributed by atoms with Crippen molar-refractivity contribution in [1.29, 1.82) is 0 Å². The highest BCUT2D eigenvalue weighted by atomic mass is 16.5. The molecule has 1 heterocycles. The molecule has 0 unspecified atom stereocenters. The zero-order chi connectivity index (χ0) is 13.2. The summed E-state index contributed by atoms with van der Waals surface area (Å²) in [6, 6.07) is 13.0. The second kappa shape index (κ2) is 4.53. The van der Waals surface area contributed by atoms with Crippen molar-refractivity contribution in [3.8, 4) is 17.2 Å². The number of fused-ring (bicyclic) bond motifs is 1. The quantitative estimate of drug-likeness (QED) is 0.754. The highest BCUT2D eigenvalue weighted by Gasteiger charge is 2.03. The van der Waals surface area contributed by atoms with Crippen LogP contribution in [-0.4, -0.2) is 17.1 Å². The number of methoxy groups -OCH3 is 1. The van der Waals surface area contributed by atoms with Crippen LogP contribution >= 0.6 is 0 Å². The third kappa shape index (κ3) is 2.30. The predicted octanol–water partition coefficient (Wildman–Crippen LogP) is 2.95. The Kier molecular flexibility index (Phi) is 2.72. The van der Waals surface area contributed by atoms with Crippen molar-refractivity contribution in [2.75, 3.05) is 12.8 Å². The molecule has 19 heavy (non-hydrogen) atoms. The van der Waals surface area contributed by atoms with Crippen LogP contribution in [0.4, 0.5) is 5.95 Å². The zero-order valence-electron chi connectivity index (χ0n) is 10.4. The SMILES string of the molecule is COc1ccc(Oc2ccc3nc(N)[nH]c3c2)cc1. The van der Waals surface area contributed by atoms with Crippen LogP contribution in [0, 0.1) is 0 Å². The topological polar surface area (TPSA) is 73.2 Å². The van der Waals surface area contributed by atoms with Crippen molar-refractivity contribution in [3.63, 3.8) is 0 Å². The van der Waals surface area contributed by atoms with Crippen molar-refractivity contribution in [2.24, 2.45) is 0 Å². The van der Waals surface area contributed by atoms with Crippen LogP contribution in [-0.2, 0) is 0 Å². The molecule has 0 saturated carbocycles. The van der Waals surface area contributed by atoms with Gasteiger partial charge in [0.25, 0.3) is 0 Å². The Bertz CT molecular complexity index is 704. The number of imidazole rings is 1. The number of benzene rings is 2. The molecule has 96 valence electrons. The number of nitrogens with one attached hydrogen (secondary N) is 1. The van der Waals surface area contributed by atoms with Crippen LogP contribution in [0.5, 0.6) is 17.2 Å². The predicted molar refractivity (Wildman–Crippen MR) is 73.6 cm³/mol. The summed E-state index contributed by atoms with van der Waals surface area (Å²) < 4.78 is 10.8. The molecule has 0 amide bonds. The van der Waals surface area contributed by atoms with Crippen LogP contribution in [0.3, 0.4) is 0 Å². The fourth-order valence-electron chi connectivity index (χ4n) is 1.85. The molecule has 5 heteroatoms. The number of anilines is 1. The summed E-state index contributed by atoms with van der Waals surface area (Å²) in [4.78, 5) is 7.10. The van der Waals surface area contributed by atoms with Gasteiger partial charge in [-0.25, -0.2) is 4.98 Å². The standard InChI is InChI=1S/C14H13N3O2/c1-18-9-2-4-10(5-3-9)19-11-6-7-12-13(8-11)17-14(15)16-12/h2-8H,1H3,(H3,15,16,17). The van der Waals surface area contributed by atoms with Crippen LogP contribution in [0.2, 0.25) is 0 Å². The second-order valence-corrected chi connectivity index (χ2v) is 4.08. The van der Waals surface area contributed by atoms with E-state index in [2.05, 4.69) is 9.97 Å². The Balaban J connectivity index is 1.87. The van der Waals surface area contributed by atoms with Gasteiger partial charge in [0, 0.05) is 6.07 Å². The molecule has 0 bridgehead atoms. The third-order valence-electron chi connectivity index (χ3n) is 2.77. The number of hydrogen-bond donors (Lipinski definition) is 2. The first-order valence-electron chi connectivity index (χ1n) is 5.82.